The molecule has 0 radical (unpaired) electrons. The molecule has 1 aromatic heterocycles. The van der Waals surface area contributed by atoms with E-state index in [2.05, 4.69) is 0 Å². The molecule has 0 amide bonds. The number of ether oxygens (including phenoxy) is 2. The molecule has 0 aliphatic carbocycles. The van der Waals surface area contributed by atoms with Crippen molar-refractivity contribution in [2.75, 3.05) is 18.2 Å². The number of aromatic nitrogens is 1. The largest absolute Gasteiger partial charge is 0.492 e. The van der Waals surface area contributed by atoms with Crippen molar-refractivity contribution in [2.45, 2.75) is 45.1 Å². The maximum Gasteiger partial charge on any atom is 0.341 e. The molecule has 1 aromatic carbocycles. The summed E-state index contributed by atoms with van der Waals surface area (Å²) in [6.07, 6.45) is 1.76. The predicted molar refractivity (Wildman–Crippen MR) is 122 cm³/mol. The first kappa shape index (κ1) is 24.1. The molecule has 0 saturated heterocycles. The summed E-state index contributed by atoms with van der Waals surface area (Å²) in [6.45, 7) is 6.75. The van der Waals surface area contributed by atoms with Gasteiger partial charge in [0.15, 0.2) is 5.43 Å². The number of benzene rings is 1. The number of aliphatic hydroxyl groups is 2. The second-order valence-electron chi connectivity index (χ2n) is 8.74. The number of pyridine rings is 1. The zero-order chi connectivity index (χ0) is 23.8. The van der Waals surface area contributed by atoms with E-state index >= 15 is 0 Å². The average Bonchev–Trinajstić information content (AvgIpc) is 2.65. The number of rotatable bonds is 7. The van der Waals surface area contributed by atoms with Crippen molar-refractivity contribution in [3.8, 4) is 17.0 Å². The summed E-state index contributed by atoms with van der Waals surface area (Å²) in [6, 6.07) is 4.82. The Kier molecular flexibility index (Phi) is 6.62. The Bertz CT molecular complexity index is 1090. The molecule has 2 aromatic rings. The Labute approximate surface area is 191 Å². The fraction of sp³-hybridized carbons (Fsp3) is 0.429. The first-order valence-electron chi connectivity index (χ1n) is 10.1. The van der Waals surface area contributed by atoms with Crippen molar-refractivity contribution in [2.24, 2.45) is 0 Å². The standard InChI is InChI=1S/C21H26BClN2O7/c1-20(2,3)25-10-12-7-18(31-5-4-6-32-21(22,29)30)15(23)8-13(12)16-9-17(26)14(19(27)28)11-24(16)25/h7-9,11,29-30H,4-6,10,22H2,1-3H3,(H,27,28). The highest BCUT2D eigenvalue weighted by atomic mass is 35.5. The van der Waals surface area contributed by atoms with Crippen LogP contribution in [0.5, 0.6) is 5.75 Å². The summed E-state index contributed by atoms with van der Waals surface area (Å²) in [5.74, 6) is -3.02. The molecule has 0 bridgehead atoms. The van der Waals surface area contributed by atoms with Crippen molar-refractivity contribution in [1.82, 2.24) is 4.68 Å². The van der Waals surface area contributed by atoms with E-state index in [9.17, 15) is 14.7 Å². The van der Waals surface area contributed by atoms with Crippen LogP contribution in [0.15, 0.2) is 29.2 Å². The molecular weight excluding hydrogens is 439 g/mol. The second kappa shape index (κ2) is 8.78. The monoisotopic (exact) mass is 464 g/mol. The van der Waals surface area contributed by atoms with Gasteiger partial charge in [0.05, 0.1) is 30.5 Å². The highest BCUT2D eigenvalue weighted by molar-refractivity contribution is 6.32. The van der Waals surface area contributed by atoms with E-state index in [-0.39, 0.29) is 24.3 Å². The third-order valence-corrected chi connectivity index (χ3v) is 5.27. The van der Waals surface area contributed by atoms with Gasteiger partial charge in [-0.1, -0.05) is 11.6 Å². The third kappa shape index (κ3) is 5.27. The topological polar surface area (TPSA) is 121 Å². The molecule has 0 unspecified atom stereocenters. The van der Waals surface area contributed by atoms with Crippen LogP contribution in [0.2, 0.25) is 5.02 Å². The van der Waals surface area contributed by atoms with E-state index < -0.39 is 17.3 Å². The van der Waals surface area contributed by atoms with Crippen molar-refractivity contribution in [1.29, 1.82) is 0 Å². The normalized spacial score (nSPS) is 13.5. The zero-order valence-electron chi connectivity index (χ0n) is 18.4. The number of aromatic carboxylic acids is 1. The molecule has 11 heteroatoms. The van der Waals surface area contributed by atoms with Crippen molar-refractivity contribution in [3.63, 3.8) is 0 Å². The average molecular weight is 465 g/mol. The van der Waals surface area contributed by atoms with Gasteiger partial charge in [-0.25, -0.2) is 4.79 Å². The molecule has 32 heavy (non-hydrogen) atoms. The number of hydrogen-bond acceptors (Lipinski definition) is 7. The lowest BCUT2D eigenvalue weighted by molar-refractivity contribution is -0.275. The van der Waals surface area contributed by atoms with E-state index in [1.54, 1.807) is 16.8 Å². The Balaban J connectivity index is 1.95. The highest BCUT2D eigenvalue weighted by Crippen LogP contribution is 2.38. The number of hydrogen-bond donors (Lipinski definition) is 3. The minimum Gasteiger partial charge on any atom is -0.492 e. The predicted octanol–water partition coefficient (Wildman–Crippen LogP) is 1.13. The lowest BCUT2D eigenvalue weighted by atomic mass is 9.97. The van der Waals surface area contributed by atoms with Crippen LogP contribution in [0.1, 0.15) is 43.1 Å². The van der Waals surface area contributed by atoms with E-state index in [0.29, 0.717) is 29.4 Å². The molecule has 1 aliphatic rings. The minimum absolute atomic E-state index is 0.0893. The van der Waals surface area contributed by atoms with Crippen LogP contribution in [-0.2, 0) is 11.3 Å². The van der Waals surface area contributed by atoms with Gasteiger partial charge < -0.3 is 29.8 Å². The Morgan fingerprint density at radius 3 is 2.50 bits per heavy atom. The maximum atomic E-state index is 12.4. The van der Waals surface area contributed by atoms with Gasteiger partial charge >= 0.3 is 5.97 Å². The van der Waals surface area contributed by atoms with Crippen LogP contribution in [0.3, 0.4) is 0 Å². The molecule has 0 spiro atoms. The van der Waals surface area contributed by atoms with Crippen LogP contribution in [0.25, 0.3) is 11.3 Å². The molecular formula is C21H26BClN2O7. The molecule has 3 rings (SSSR count). The highest BCUT2D eigenvalue weighted by Gasteiger charge is 2.31. The summed E-state index contributed by atoms with van der Waals surface area (Å²) in [7, 11) is 1.12. The van der Waals surface area contributed by atoms with Crippen LogP contribution in [0.4, 0.5) is 0 Å². The number of carboxylic acid groups (broad SMARTS) is 1. The Morgan fingerprint density at radius 1 is 1.22 bits per heavy atom. The van der Waals surface area contributed by atoms with Gasteiger partial charge in [0.1, 0.15) is 11.3 Å². The zero-order valence-corrected chi connectivity index (χ0v) is 19.1. The third-order valence-electron chi connectivity index (χ3n) is 4.97. The van der Waals surface area contributed by atoms with E-state index in [1.807, 2.05) is 25.8 Å². The summed E-state index contributed by atoms with van der Waals surface area (Å²) >= 11 is 6.43. The SMILES string of the molecule is BC(O)(O)OCCCOc1cc2c(cc1Cl)-c1cc(=O)c(C(=O)O)cn1N(C(C)(C)C)C2. The van der Waals surface area contributed by atoms with Gasteiger partial charge in [-0.3, -0.25) is 9.47 Å². The van der Waals surface area contributed by atoms with Gasteiger partial charge in [0, 0.05) is 29.8 Å². The Morgan fingerprint density at radius 2 is 1.91 bits per heavy atom. The number of fused-ring (bicyclic) bond motifs is 3. The molecule has 0 saturated carbocycles. The maximum absolute atomic E-state index is 12.4. The molecule has 9 nitrogen and oxygen atoms in total. The van der Waals surface area contributed by atoms with E-state index in [4.69, 9.17) is 31.3 Å². The van der Waals surface area contributed by atoms with Crippen molar-refractivity contribution in [3.05, 3.63) is 50.8 Å². The first-order chi connectivity index (χ1) is 14.8. The smallest absolute Gasteiger partial charge is 0.341 e. The lowest BCUT2D eigenvalue weighted by Gasteiger charge is -2.43. The van der Waals surface area contributed by atoms with Crippen LogP contribution < -0.4 is 15.2 Å². The molecule has 1 aliphatic heterocycles. The van der Waals surface area contributed by atoms with Gasteiger partial charge in [-0.2, -0.15) is 0 Å². The molecule has 172 valence electrons. The van der Waals surface area contributed by atoms with Crippen LogP contribution in [-0.4, -0.2) is 58.4 Å². The van der Waals surface area contributed by atoms with E-state index in [1.165, 1.54) is 12.3 Å². The molecule has 0 fully saturated rings. The first-order valence-corrected chi connectivity index (χ1v) is 10.5. The van der Waals surface area contributed by atoms with Gasteiger partial charge in [0.25, 0.3) is 0 Å². The van der Waals surface area contributed by atoms with Crippen molar-refractivity contribution >= 4 is 25.4 Å². The second-order valence-corrected chi connectivity index (χ2v) is 9.15. The Hall–Kier alpha value is -2.53. The van der Waals surface area contributed by atoms with Crippen molar-refractivity contribution < 1.29 is 29.6 Å². The summed E-state index contributed by atoms with van der Waals surface area (Å²) in [5, 5.41) is 30.0. The fourth-order valence-corrected chi connectivity index (χ4v) is 3.68. The molecule has 3 N–H and O–H groups in total. The minimum atomic E-state index is -2.19. The molecule has 0 atom stereocenters. The summed E-state index contributed by atoms with van der Waals surface area (Å²) in [5.41, 5.74) is 0.871. The number of halogens is 1. The van der Waals surface area contributed by atoms with Crippen LogP contribution >= 0.6 is 11.6 Å². The fourth-order valence-electron chi connectivity index (χ4n) is 3.46. The van der Waals surface area contributed by atoms with Gasteiger partial charge in [0.2, 0.25) is 13.7 Å². The van der Waals surface area contributed by atoms with E-state index in [0.717, 1.165) is 19.0 Å². The number of nitrogens with zero attached hydrogens (tertiary/aromatic N) is 2. The summed E-state index contributed by atoms with van der Waals surface area (Å²) < 4.78 is 12.3. The number of carbonyl (C=O) groups is 1. The van der Waals surface area contributed by atoms with Gasteiger partial charge in [-0.15, -0.1) is 0 Å². The lowest BCUT2D eigenvalue weighted by Crippen LogP contribution is -2.51. The summed E-state index contributed by atoms with van der Waals surface area (Å²) in [4.78, 5) is 23.9. The van der Waals surface area contributed by atoms with Crippen LogP contribution in [0, 0.1) is 0 Å². The van der Waals surface area contributed by atoms with Gasteiger partial charge in [-0.05, 0) is 38.5 Å². The quantitative estimate of drug-likeness (QED) is 0.317. The molecule has 2 heterocycles. The number of carboxylic acids is 1.